The van der Waals surface area contributed by atoms with Gasteiger partial charge < -0.3 is 4.57 Å². The van der Waals surface area contributed by atoms with Crippen LogP contribution in [0.15, 0.2) is 53.6 Å². The van der Waals surface area contributed by atoms with E-state index in [0.29, 0.717) is 5.39 Å². The summed E-state index contributed by atoms with van der Waals surface area (Å²) in [5.41, 5.74) is 2.97. The molecule has 0 aliphatic heterocycles. The molecule has 2 aromatic carbocycles. The fraction of sp³-hybridized carbons (Fsp3) is 0.0625. The highest BCUT2D eigenvalue weighted by atomic mass is 32.2. The number of benzene rings is 2. The van der Waals surface area contributed by atoms with E-state index in [1.54, 1.807) is 40.7 Å². The van der Waals surface area contributed by atoms with Crippen molar-refractivity contribution in [1.82, 2.24) is 14.8 Å². The molecule has 0 bridgehead atoms. The van der Waals surface area contributed by atoms with Crippen molar-refractivity contribution in [1.29, 1.82) is 0 Å². The number of aryl methyl sites for hydroxylation is 1. The fourth-order valence-electron chi connectivity index (χ4n) is 2.49. The van der Waals surface area contributed by atoms with Crippen molar-refractivity contribution in [3.05, 3.63) is 65.9 Å². The molecule has 0 saturated carbocycles. The lowest BCUT2D eigenvalue weighted by molar-refractivity contribution is 0.0946. The van der Waals surface area contributed by atoms with E-state index in [-0.39, 0.29) is 5.56 Å². The molecule has 2 N–H and O–H groups in total. The molecule has 0 aliphatic rings. The van der Waals surface area contributed by atoms with Crippen LogP contribution in [0, 0.1) is 11.6 Å². The van der Waals surface area contributed by atoms with Crippen LogP contribution in [0.2, 0.25) is 0 Å². The van der Waals surface area contributed by atoms with Gasteiger partial charge in [-0.15, -0.1) is 4.83 Å². The lowest BCUT2D eigenvalue weighted by atomic mass is 10.2. The largest absolute Gasteiger partial charge is 0.350 e. The van der Waals surface area contributed by atoms with Crippen LogP contribution in [0.1, 0.15) is 10.4 Å². The van der Waals surface area contributed by atoms with Crippen LogP contribution in [-0.4, -0.2) is 18.9 Å². The number of nitrogens with zero attached hydrogens (tertiary/aromatic N) is 1. The van der Waals surface area contributed by atoms with Crippen molar-refractivity contribution in [3.63, 3.8) is 0 Å². The Bertz CT molecular complexity index is 1060. The van der Waals surface area contributed by atoms with Crippen molar-refractivity contribution >= 4 is 26.8 Å². The molecule has 0 atom stereocenters. The van der Waals surface area contributed by atoms with E-state index < -0.39 is 32.5 Å². The van der Waals surface area contributed by atoms with Gasteiger partial charge in [0.2, 0.25) is 0 Å². The Balaban J connectivity index is 1.87. The van der Waals surface area contributed by atoms with Gasteiger partial charge in [0.15, 0.2) is 4.90 Å². The van der Waals surface area contributed by atoms with Crippen LogP contribution >= 0.6 is 0 Å². The molecular formula is C16H13F2N3O3S. The van der Waals surface area contributed by atoms with Gasteiger partial charge in [0.05, 0.1) is 5.56 Å². The summed E-state index contributed by atoms with van der Waals surface area (Å²) in [7, 11) is -2.88. The highest BCUT2D eigenvalue weighted by Crippen LogP contribution is 2.20. The summed E-state index contributed by atoms with van der Waals surface area (Å²) in [6.45, 7) is 0. The first-order valence-electron chi connectivity index (χ1n) is 7.11. The number of hydrogen-bond acceptors (Lipinski definition) is 3. The number of halogens is 2. The molecule has 1 amide bonds. The Labute approximate surface area is 142 Å². The van der Waals surface area contributed by atoms with E-state index >= 15 is 0 Å². The summed E-state index contributed by atoms with van der Waals surface area (Å²) < 4.78 is 53.1. The van der Waals surface area contributed by atoms with Gasteiger partial charge in [-0.1, -0.05) is 24.3 Å². The number of carbonyl (C=O) groups excluding carboxylic acids is 1. The Morgan fingerprint density at radius 1 is 1.04 bits per heavy atom. The molecule has 0 unspecified atom stereocenters. The van der Waals surface area contributed by atoms with E-state index in [4.69, 9.17) is 0 Å². The number of nitrogens with one attached hydrogen (secondary N) is 2. The number of sulfonamides is 1. The van der Waals surface area contributed by atoms with Crippen molar-refractivity contribution in [2.45, 2.75) is 4.90 Å². The molecule has 1 aromatic heterocycles. The second kappa shape index (κ2) is 6.26. The number of carbonyl (C=O) groups is 1. The molecular weight excluding hydrogens is 352 g/mol. The van der Waals surface area contributed by atoms with Crippen molar-refractivity contribution in [3.8, 4) is 0 Å². The molecule has 0 aliphatic carbocycles. The maximum atomic E-state index is 13.6. The first-order chi connectivity index (χ1) is 11.8. The van der Waals surface area contributed by atoms with Crippen LogP contribution in [-0.2, 0) is 17.1 Å². The summed E-state index contributed by atoms with van der Waals surface area (Å²) in [5, 5.41) is 0.610. The minimum atomic E-state index is -4.61. The number of rotatable bonds is 4. The summed E-state index contributed by atoms with van der Waals surface area (Å²) in [4.78, 5) is 12.8. The Hall–Kier alpha value is -2.78. The third kappa shape index (κ3) is 3.11. The first-order valence-corrected chi connectivity index (χ1v) is 8.60. The molecule has 3 rings (SSSR count). The van der Waals surface area contributed by atoms with E-state index in [1.807, 2.05) is 5.43 Å². The maximum absolute atomic E-state index is 13.6. The first kappa shape index (κ1) is 17.1. The highest BCUT2D eigenvalue weighted by Gasteiger charge is 2.25. The lowest BCUT2D eigenvalue weighted by Gasteiger charge is -2.09. The zero-order valence-corrected chi connectivity index (χ0v) is 13.8. The van der Waals surface area contributed by atoms with E-state index in [2.05, 4.69) is 0 Å². The standard InChI is InChI=1S/C16H13F2N3O3S/c1-21-9-11(10-5-2-3-8-14(10)21)16(22)19-20-25(23,24)15-12(17)6-4-7-13(15)18/h2-9,20H,1H3,(H,19,22). The fourth-order valence-corrected chi connectivity index (χ4v) is 3.47. The minimum Gasteiger partial charge on any atom is -0.350 e. The average Bonchev–Trinajstić information content (AvgIpc) is 2.90. The smallest absolute Gasteiger partial charge is 0.268 e. The molecule has 0 fully saturated rings. The van der Waals surface area contributed by atoms with E-state index in [1.165, 1.54) is 6.20 Å². The molecule has 0 radical (unpaired) electrons. The SMILES string of the molecule is Cn1cc(C(=O)NNS(=O)(=O)c2c(F)cccc2F)c2ccccc21. The summed E-state index contributed by atoms with van der Waals surface area (Å²) in [6.07, 6.45) is 1.53. The van der Waals surface area contributed by atoms with Gasteiger partial charge in [-0.25, -0.2) is 17.2 Å². The van der Waals surface area contributed by atoms with Crippen LogP contribution in [0.25, 0.3) is 10.9 Å². The van der Waals surface area contributed by atoms with E-state index in [0.717, 1.165) is 23.7 Å². The quantitative estimate of drug-likeness (QED) is 0.695. The van der Waals surface area contributed by atoms with Crippen LogP contribution < -0.4 is 10.3 Å². The zero-order chi connectivity index (χ0) is 18.2. The maximum Gasteiger partial charge on any atom is 0.268 e. The van der Waals surface area contributed by atoms with Gasteiger partial charge in [-0.2, -0.15) is 0 Å². The number of hydrazine groups is 1. The van der Waals surface area contributed by atoms with Crippen LogP contribution in [0.3, 0.4) is 0 Å². The predicted octanol–water partition coefficient (Wildman–Crippen LogP) is 2.08. The molecule has 0 spiro atoms. The Morgan fingerprint density at radius 2 is 1.68 bits per heavy atom. The van der Waals surface area contributed by atoms with Crippen LogP contribution in [0.5, 0.6) is 0 Å². The molecule has 6 nitrogen and oxygen atoms in total. The molecule has 0 saturated heterocycles. The van der Waals surface area contributed by atoms with Gasteiger partial charge in [0.25, 0.3) is 15.9 Å². The zero-order valence-electron chi connectivity index (χ0n) is 13.0. The predicted molar refractivity (Wildman–Crippen MR) is 87.1 cm³/mol. The molecule has 25 heavy (non-hydrogen) atoms. The second-order valence-corrected chi connectivity index (χ2v) is 6.90. The summed E-state index contributed by atoms with van der Waals surface area (Å²) in [6, 6.07) is 9.69. The normalized spacial score (nSPS) is 11.6. The number of hydrogen-bond donors (Lipinski definition) is 2. The van der Waals surface area contributed by atoms with Crippen molar-refractivity contribution in [2.75, 3.05) is 0 Å². The van der Waals surface area contributed by atoms with Gasteiger partial charge in [-0.05, 0) is 18.2 Å². The number of amides is 1. The minimum absolute atomic E-state index is 0.217. The monoisotopic (exact) mass is 365 g/mol. The lowest BCUT2D eigenvalue weighted by Crippen LogP contribution is -2.42. The van der Waals surface area contributed by atoms with Gasteiger partial charge in [0.1, 0.15) is 11.6 Å². The Morgan fingerprint density at radius 3 is 2.36 bits per heavy atom. The highest BCUT2D eigenvalue weighted by molar-refractivity contribution is 7.89. The van der Waals surface area contributed by atoms with Crippen molar-refractivity contribution in [2.24, 2.45) is 7.05 Å². The van der Waals surface area contributed by atoms with Crippen molar-refractivity contribution < 1.29 is 22.0 Å². The van der Waals surface area contributed by atoms with Gasteiger partial charge in [0, 0.05) is 24.1 Å². The molecule has 9 heteroatoms. The topological polar surface area (TPSA) is 80.2 Å². The second-order valence-electron chi connectivity index (χ2n) is 5.28. The molecule has 3 aromatic rings. The summed E-state index contributed by atoms with van der Waals surface area (Å²) in [5.74, 6) is -3.27. The van der Waals surface area contributed by atoms with Gasteiger partial charge in [-0.3, -0.25) is 10.2 Å². The number of para-hydroxylation sites is 1. The third-order valence-corrected chi connectivity index (χ3v) is 4.93. The molecule has 1 heterocycles. The Kier molecular flexibility index (Phi) is 4.27. The number of fused-ring (bicyclic) bond motifs is 1. The van der Waals surface area contributed by atoms with Crippen LogP contribution in [0.4, 0.5) is 8.78 Å². The summed E-state index contributed by atoms with van der Waals surface area (Å²) >= 11 is 0. The average molecular weight is 365 g/mol. The van der Waals surface area contributed by atoms with E-state index in [9.17, 15) is 22.0 Å². The molecule has 130 valence electrons. The third-order valence-electron chi connectivity index (χ3n) is 3.63. The van der Waals surface area contributed by atoms with Gasteiger partial charge >= 0.3 is 0 Å². The number of aromatic nitrogens is 1.